The van der Waals surface area contributed by atoms with Crippen LogP contribution in [0, 0.1) is 0 Å². The summed E-state index contributed by atoms with van der Waals surface area (Å²) in [4.78, 5) is 26.3. The summed E-state index contributed by atoms with van der Waals surface area (Å²) in [5.74, 6) is -0.886. The zero-order valence-electron chi connectivity index (χ0n) is 11.3. The van der Waals surface area contributed by atoms with Crippen molar-refractivity contribution in [3.05, 3.63) is 0 Å². The molecule has 1 fully saturated rings. The Morgan fingerprint density at radius 1 is 1.50 bits per heavy atom. The number of ether oxygens (including phenoxy) is 1. The third-order valence-corrected chi connectivity index (χ3v) is 3.05. The fourth-order valence-electron chi connectivity index (χ4n) is 1.97. The molecule has 1 heterocycles. The Hall–Kier alpha value is -1.30. The molecular weight excluding hydrogens is 236 g/mol. The summed E-state index contributed by atoms with van der Waals surface area (Å²) in [6.07, 6.45) is -0.0252. The van der Waals surface area contributed by atoms with Crippen LogP contribution in [-0.4, -0.2) is 65.3 Å². The van der Waals surface area contributed by atoms with E-state index in [1.54, 1.807) is 9.80 Å². The van der Waals surface area contributed by atoms with E-state index in [9.17, 15) is 9.59 Å². The van der Waals surface area contributed by atoms with Gasteiger partial charge in [0.05, 0.1) is 25.7 Å². The predicted molar refractivity (Wildman–Crippen MR) is 66.5 cm³/mol. The average molecular weight is 258 g/mol. The van der Waals surface area contributed by atoms with Crippen LogP contribution in [0.5, 0.6) is 0 Å². The number of carboxylic acid groups (broad SMARTS) is 1. The van der Waals surface area contributed by atoms with E-state index in [2.05, 4.69) is 0 Å². The van der Waals surface area contributed by atoms with Crippen molar-refractivity contribution < 1.29 is 19.4 Å². The SMILES string of the molecule is CC(C)N(CCC(=O)O)C(=O)N1CCOCC1C. The molecule has 1 aliphatic rings. The van der Waals surface area contributed by atoms with Gasteiger partial charge in [0.15, 0.2) is 0 Å². The minimum atomic E-state index is -0.886. The van der Waals surface area contributed by atoms with Crippen LogP contribution in [0.1, 0.15) is 27.2 Å². The summed E-state index contributed by atoms with van der Waals surface area (Å²) < 4.78 is 5.29. The van der Waals surface area contributed by atoms with Crippen LogP contribution < -0.4 is 0 Å². The van der Waals surface area contributed by atoms with Gasteiger partial charge in [-0.1, -0.05) is 0 Å². The Balaban J connectivity index is 2.65. The molecule has 1 rings (SSSR count). The van der Waals surface area contributed by atoms with Gasteiger partial charge >= 0.3 is 12.0 Å². The number of urea groups is 1. The van der Waals surface area contributed by atoms with E-state index in [0.717, 1.165) is 0 Å². The van der Waals surface area contributed by atoms with E-state index in [-0.39, 0.29) is 31.1 Å². The molecule has 6 nitrogen and oxygen atoms in total. The quantitative estimate of drug-likeness (QED) is 0.817. The standard InChI is InChI=1S/C12H22N2O4/c1-9(2)13(5-4-11(15)16)12(17)14-6-7-18-8-10(14)3/h9-10H,4-8H2,1-3H3,(H,15,16). The summed E-state index contributed by atoms with van der Waals surface area (Å²) in [6.45, 7) is 7.62. The smallest absolute Gasteiger partial charge is 0.320 e. The van der Waals surface area contributed by atoms with E-state index in [0.29, 0.717) is 19.8 Å². The van der Waals surface area contributed by atoms with Crippen molar-refractivity contribution in [1.82, 2.24) is 9.80 Å². The molecule has 18 heavy (non-hydrogen) atoms. The lowest BCUT2D eigenvalue weighted by Crippen LogP contribution is -2.54. The third kappa shape index (κ3) is 3.87. The predicted octanol–water partition coefficient (Wildman–Crippen LogP) is 1.01. The highest BCUT2D eigenvalue weighted by molar-refractivity contribution is 5.76. The molecule has 0 aromatic heterocycles. The maximum atomic E-state index is 12.4. The highest BCUT2D eigenvalue weighted by Gasteiger charge is 2.29. The molecule has 2 amide bonds. The molecule has 1 saturated heterocycles. The Morgan fingerprint density at radius 2 is 2.17 bits per heavy atom. The number of carbonyl (C=O) groups is 2. The number of carbonyl (C=O) groups excluding carboxylic acids is 1. The van der Waals surface area contributed by atoms with Crippen LogP contribution in [-0.2, 0) is 9.53 Å². The van der Waals surface area contributed by atoms with E-state index < -0.39 is 5.97 Å². The molecule has 0 radical (unpaired) electrons. The lowest BCUT2D eigenvalue weighted by atomic mass is 10.2. The van der Waals surface area contributed by atoms with Crippen LogP contribution >= 0.6 is 0 Å². The number of rotatable bonds is 4. The van der Waals surface area contributed by atoms with E-state index in [1.807, 2.05) is 20.8 Å². The van der Waals surface area contributed by atoms with E-state index in [1.165, 1.54) is 0 Å². The molecule has 0 aromatic rings. The Bertz CT molecular complexity index is 306. The first-order valence-corrected chi connectivity index (χ1v) is 6.30. The normalized spacial score (nSPS) is 20.0. The van der Waals surface area contributed by atoms with E-state index >= 15 is 0 Å². The molecule has 0 aliphatic carbocycles. The molecule has 104 valence electrons. The third-order valence-electron chi connectivity index (χ3n) is 3.05. The number of hydrogen-bond donors (Lipinski definition) is 1. The molecular formula is C12H22N2O4. The van der Waals surface area contributed by atoms with Gasteiger partial charge in [-0.15, -0.1) is 0 Å². The van der Waals surface area contributed by atoms with Crippen LogP contribution in [0.25, 0.3) is 0 Å². The molecule has 1 N–H and O–H groups in total. The van der Waals surface area contributed by atoms with Gasteiger partial charge < -0.3 is 19.6 Å². The zero-order chi connectivity index (χ0) is 13.7. The summed E-state index contributed by atoms with van der Waals surface area (Å²) in [5.41, 5.74) is 0. The Kier molecular flexibility index (Phi) is 5.40. The lowest BCUT2D eigenvalue weighted by molar-refractivity contribution is -0.137. The topological polar surface area (TPSA) is 70.1 Å². The number of hydrogen-bond acceptors (Lipinski definition) is 3. The van der Waals surface area contributed by atoms with Gasteiger partial charge in [0.2, 0.25) is 0 Å². The molecule has 0 bridgehead atoms. The molecule has 1 atom stereocenters. The number of morpholine rings is 1. The summed E-state index contributed by atoms with van der Waals surface area (Å²) in [6, 6.07) is -0.0636. The van der Waals surface area contributed by atoms with Crippen molar-refractivity contribution in [2.75, 3.05) is 26.3 Å². The van der Waals surface area contributed by atoms with Crippen molar-refractivity contribution in [3.8, 4) is 0 Å². The van der Waals surface area contributed by atoms with Crippen molar-refractivity contribution in [2.24, 2.45) is 0 Å². The molecule has 1 aliphatic heterocycles. The second-order valence-corrected chi connectivity index (χ2v) is 4.83. The highest BCUT2D eigenvalue weighted by Crippen LogP contribution is 2.12. The van der Waals surface area contributed by atoms with Crippen molar-refractivity contribution in [1.29, 1.82) is 0 Å². The van der Waals surface area contributed by atoms with Gasteiger partial charge in [0.1, 0.15) is 0 Å². The van der Waals surface area contributed by atoms with Gasteiger partial charge in [-0.2, -0.15) is 0 Å². The van der Waals surface area contributed by atoms with Crippen LogP contribution in [0.2, 0.25) is 0 Å². The molecule has 1 unspecified atom stereocenters. The van der Waals surface area contributed by atoms with Gasteiger partial charge in [0, 0.05) is 19.1 Å². The summed E-state index contributed by atoms with van der Waals surface area (Å²) in [5, 5.41) is 8.72. The minimum Gasteiger partial charge on any atom is -0.481 e. The fourth-order valence-corrected chi connectivity index (χ4v) is 1.97. The van der Waals surface area contributed by atoms with Crippen molar-refractivity contribution >= 4 is 12.0 Å². The van der Waals surface area contributed by atoms with Gasteiger partial charge in [-0.05, 0) is 20.8 Å². The number of carboxylic acids is 1. The Morgan fingerprint density at radius 3 is 2.67 bits per heavy atom. The molecule has 0 saturated carbocycles. The van der Waals surface area contributed by atoms with Gasteiger partial charge in [0.25, 0.3) is 0 Å². The molecule has 0 spiro atoms. The fraction of sp³-hybridized carbons (Fsp3) is 0.833. The zero-order valence-corrected chi connectivity index (χ0v) is 11.3. The summed E-state index contributed by atoms with van der Waals surface area (Å²) >= 11 is 0. The van der Waals surface area contributed by atoms with Crippen molar-refractivity contribution in [2.45, 2.75) is 39.3 Å². The first kappa shape index (κ1) is 14.8. The average Bonchev–Trinajstić information content (AvgIpc) is 2.28. The maximum absolute atomic E-state index is 12.4. The summed E-state index contributed by atoms with van der Waals surface area (Å²) in [7, 11) is 0. The van der Waals surface area contributed by atoms with Crippen LogP contribution in [0.3, 0.4) is 0 Å². The van der Waals surface area contributed by atoms with Crippen molar-refractivity contribution in [3.63, 3.8) is 0 Å². The number of nitrogens with zero attached hydrogens (tertiary/aromatic N) is 2. The maximum Gasteiger partial charge on any atom is 0.320 e. The van der Waals surface area contributed by atoms with Crippen LogP contribution in [0.4, 0.5) is 4.79 Å². The lowest BCUT2D eigenvalue weighted by Gasteiger charge is -2.38. The number of amides is 2. The largest absolute Gasteiger partial charge is 0.481 e. The van der Waals surface area contributed by atoms with Gasteiger partial charge in [-0.3, -0.25) is 4.79 Å². The first-order chi connectivity index (χ1) is 8.43. The molecule has 0 aromatic carbocycles. The second-order valence-electron chi connectivity index (χ2n) is 4.83. The number of aliphatic carboxylic acids is 1. The monoisotopic (exact) mass is 258 g/mol. The van der Waals surface area contributed by atoms with Gasteiger partial charge in [-0.25, -0.2) is 4.79 Å². The highest BCUT2D eigenvalue weighted by atomic mass is 16.5. The Labute approximate surface area is 107 Å². The van der Waals surface area contributed by atoms with Crippen LogP contribution in [0.15, 0.2) is 0 Å². The molecule has 6 heteroatoms. The second kappa shape index (κ2) is 6.58. The minimum absolute atomic E-state index is 0.00750. The van der Waals surface area contributed by atoms with E-state index in [4.69, 9.17) is 9.84 Å². The first-order valence-electron chi connectivity index (χ1n) is 6.30.